The van der Waals surface area contributed by atoms with Gasteiger partial charge < -0.3 is 9.64 Å². The van der Waals surface area contributed by atoms with Crippen molar-refractivity contribution in [3.63, 3.8) is 0 Å². The largest absolute Gasteiger partial charge is 0.462 e. The van der Waals surface area contributed by atoms with Crippen LogP contribution in [0, 0.1) is 5.92 Å². The Kier molecular flexibility index (Phi) is 6.62. The molecule has 2 aliphatic rings. The second-order valence-corrected chi connectivity index (χ2v) is 10.1. The Balaban J connectivity index is 1.41. The van der Waals surface area contributed by atoms with Gasteiger partial charge in [-0.3, -0.25) is 4.79 Å². The number of para-hydroxylation sites is 1. The van der Waals surface area contributed by atoms with Crippen molar-refractivity contribution in [3.8, 4) is 0 Å². The summed E-state index contributed by atoms with van der Waals surface area (Å²) in [6.07, 6.45) is 2.92. The van der Waals surface area contributed by atoms with Gasteiger partial charge in [-0.2, -0.15) is 4.31 Å². The van der Waals surface area contributed by atoms with Crippen molar-refractivity contribution in [3.05, 3.63) is 59.7 Å². The van der Waals surface area contributed by atoms with Crippen LogP contribution in [0.4, 0.5) is 5.69 Å². The smallest absolute Gasteiger partial charge is 0.338 e. The molecule has 1 amide bonds. The minimum absolute atomic E-state index is 0.0907. The highest BCUT2D eigenvalue weighted by Gasteiger charge is 2.35. The predicted octanol–water partition coefficient (Wildman–Crippen LogP) is 3.24. The van der Waals surface area contributed by atoms with E-state index >= 15 is 0 Å². The number of sulfonamides is 1. The molecular formula is C24H28N2O5S. The predicted molar refractivity (Wildman–Crippen MR) is 121 cm³/mol. The SMILES string of the molecule is CCOC(=O)c1ccc(S(=O)(=O)N2CCC(C(=O)N3CCCc4ccccc43)CC2)cc1. The van der Waals surface area contributed by atoms with Crippen LogP contribution in [0.5, 0.6) is 0 Å². The molecule has 4 rings (SSSR count). The van der Waals surface area contributed by atoms with Gasteiger partial charge in [0, 0.05) is 31.2 Å². The lowest BCUT2D eigenvalue weighted by Gasteiger charge is -2.36. The van der Waals surface area contributed by atoms with E-state index in [-0.39, 0.29) is 23.3 Å². The maximum Gasteiger partial charge on any atom is 0.338 e. The van der Waals surface area contributed by atoms with Gasteiger partial charge >= 0.3 is 5.97 Å². The van der Waals surface area contributed by atoms with Gasteiger partial charge in [0.05, 0.1) is 17.1 Å². The Morgan fingerprint density at radius 2 is 1.69 bits per heavy atom. The second kappa shape index (κ2) is 9.42. The molecule has 32 heavy (non-hydrogen) atoms. The summed E-state index contributed by atoms with van der Waals surface area (Å²) in [7, 11) is -3.68. The number of hydrogen-bond acceptors (Lipinski definition) is 5. The van der Waals surface area contributed by atoms with E-state index in [1.54, 1.807) is 6.92 Å². The number of carbonyl (C=O) groups excluding carboxylic acids is 2. The molecule has 170 valence electrons. The zero-order chi connectivity index (χ0) is 22.7. The normalized spacial score (nSPS) is 17.6. The minimum Gasteiger partial charge on any atom is -0.462 e. The van der Waals surface area contributed by atoms with Crippen molar-refractivity contribution in [2.24, 2.45) is 5.92 Å². The fourth-order valence-electron chi connectivity index (χ4n) is 4.45. The molecule has 0 aliphatic carbocycles. The average Bonchev–Trinajstić information content (AvgIpc) is 2.83. The van der Waals surface area contributed by atoms with Gasteiger partial charge in [0.25, 0.3) is 0 Å². The van der Waals surface area contributed by atoms with Crippen LogP contribution in [0.15, 0.2) is 53.4 Å². The van der Waals surface area contributed by atoms with Gasteiger partial charge in [-0.1, -0.05) is 18.2 Å². The van der Waals surface area contributed by atoms with Crippen LogP contribution in [0.3, 0.4) is 0 Å². The molecule has 2 aromatic rings. The Morgan fingerprint density at radius 1 is 1.00 bits per heavy atom. The van der Waals surface area contributed by atoms with Crippen LogP contribution in [0.1, 0.15) is 42.1 Å². The first-order chi connectivity index (χ1) is 15.4. The highest BCUT2D eigenvalue weighted by molar-refractivity contribution is 7.89. The third kappa shape index (κ3) is 4.42. The van der Waals surface area contributed by atoms with Crippen molar-refractivity contribution < 1.29 is 22.7 Å². The van der Waals surface area contributed by atoms with Crippen molar-refractivity contribution in [2.75, 3.05) is 31.1 Å². The van der Waals surface area contributed by atoms with Gasteiger partial charge in [-0.05, 0) is 68.5 Å². The summed E-state index contributed by atoms with van der Waals surface area (Å²) in [5.41, 5.74) is 2.50. The fraction of sp³-hybridized carbons (Fsp3) is 0.417. The lowest BCUT2D eigenvalue weighted by Crippen LogP contribution is -2.45. The first-order valence-corrected chi connectivity index (χ1v) is 12.5. The summed E-state index contributed by atoms with van der Waals surface area (Å²) < 4.78 is 32.5. The number of carbonyl (C=O) groups is 2. The molecule has 0 aromatic heterocycles. The number of fused-ring (bicyclic) bond motifs is 1. The summed E-state index contributed by atoms with van der Waals surface area (Å²) >= 11 is 0. The van der Waals surface area contributed by atoms with E-state index in [1.165, 1.54) is 34.1 Å². The molecule has 1 fully saturated rings. The molecule has 7 nitrogen and oxygen atoms in total. The molecule has 0 radical (unpaired) electrons. The lowest BCUT2D eigenvalue weighted by molar-refractivity contribution is -0.123. The van der Waals surface area contributed by atoms with Crippen LogP contribution in [-0.2, 0) is 26.0 Å². The molecule has 2 aliphatic heterocycles. The maximum atomic E-state index is 13.2. The molecule has 8 heteroatoms. The molecule has 0 unspecified atom stereocenters. The summed E-state index contributed by atoms with van der Waals surface area (Å²) in [6, 6.07) is 13.8. The van der Waals surface area contributed by atoms with E-state index in [0.717, 1.165) is 18.5 Å². The summed E-state index contributed by atoms with van der Waals surface area (Å²) in [6.45, 7) is 3.29. The monoisotopic (exact) mass is 456 g/mol. The highest BCUT2D eigenvalue weighted by atomic mass is 32.2. The number of amides is 1. The molecule has 0 atom stereocenters. The number of benzene rings is 2. The van der Waals surface area contributed by atoms with Gasteiger partial charge in [-0.15, -0.1) is 0 Å². The fourth-order valence-corrected chi connectivity index (χ4v) is 5.92. The zero-order valence-electron chi connectivity index (χ0n) is 18.2. The number of aryl methyl sites for hydroxylation is 1. The number of nitrogens with zero attached hydrogens (tertiary/aromatic N) is 2. The van der Waals surface area contributed by atoms with Crippen LogP contribution in [0.25, 0.3) is 0 Å². The van der Waals surface area contributed by atoms with Crippen molar-refractivity contribution in [1.29, 1.82) is 0 Å². The van der Waals surface area contributed by atoms with E-state index in [2.05, 4.69) is 6.07 Å². The third-order valence-electron chi connectivity index (χ3n) is 6.18. The van der Waals surface area contributed by atoms with Crippen LogP contribution >= 0.6 is 0 Å². The van der Waals surface area contributed by atoms with Crippen LogP contribution < -0.4 is 4.90 Å². The summed E-state index contributed by atoms with van der Waals surface area (Å²) in [4.78, 5) is 27.0. The van der Waals surface area contributed by atoms with E-state index in [4.69, 9.17) is 4.74 Å². The molecule has 1 saturated heterocycles. The molecule has 0 saturated carbocycles. The van der Waals surface area contributed by atoms with Crippen molar-refractivity contribution in [2.45, 2.75) is 37.5 Å². The van der Waals surface area contributed by atoms with Crippen LogP contribution in [-0.4, -0.2) is 50.8 Å². The molecule has 2 heterocycles. The van der Waals surface area contributed by atoms with E-state index in [1.807, 2.05) is 23.1 Å². The molecule has 0 N–H and O–H groups in total. The first kappa shape index (κ1) is 22.5. The Labute approximate surface area is 189 Å². The average molecular weight is 457 g/mol. The number of piperidine rings is 1. The number of rotatable bonds is 5. The van der Waals surface area contributed by atoms with E-state index < -0.39 is 16.0 Å². The molecule has 0 bridgehead atoms. The van der Waals surface area contributed by atoms with Gasteiger partial charge in [0.1, 0.15) is 0 Å². The Morgan fingerprint density at radius 3 is 2.38 bits per heavy atom. The number of hydrogen-bond donors (Lipinski definition) is 0. The topological polar surface area (TPSA) is 84.0 Å². The molecular weight excluding hydrogens is 428 g/mol. The van der Waals surface area contributed by atoms with Crippen molar-refractivity contribution >= 4 is 27.6 Å². The summed E-state index contributed by atoms with van der Waals surface area (Å²) in [5, 5.41) is 0. The number of ether oxygens (including phenoxy) is 1. The third-order valence-corrected chi connectivity index (χ3v) is 8.10. The number of esters is 1. The molecule has 0 spiro atoms. The Hall–Kier alpha value is -2.71. The van der Waals surface area contributed by atoms with Crippen molar-refractivity contribution in [1.82, 2.24) is 4.31 Å². The lowest BCUT2D eigenvalue weighted by atomic mass is 9.94. The summed E-state index contributed by atoms with van der Waals surface area (Å²) in [5.74, 6) is -0.568. The molecule has 2 aromatic carbocycles. The van der Waals surface area contributed by atoms with E-state index in [9.17, 15) is 18.0 Å². The minimum atomic E-state index is -3.68. The first-order valence-electron chi connectivity index (χ1n) is 11.1. The standard InChI is InChI=1S/C24H28N2O5S/c1-2-31-24(28)20-9-11-21(12-10-20)32(29,30)25-16-13-19(14-17-25)23(27)26-15-5-7-18-6-3-4-8-22(18)26/h3-4,6,8-12,19H,2,5,7,13-17H2,1H3. The van der Waals surface area contributed by atoms with E-state index in [0.29, 0.717) is 38.0 Å². The highest BCUT2D eigenvalue weighted by Crippen LogP contribution is 2.31. The van der Waals surface area contributed by atoms with Gasteiger partial charge in [0.15, 0.2) is 0 Å². The second-order valence-electron chi connectivity index (χ2n) is 8.15. The van der Waals surface area contributed by atoms with Crippen LogP contribution in [0.2, 0.25) is 0 Å². The maximum absolute atomic E-state index is 13.2. The Bertz CT molecular complexity index is 1090. The number of anilines is 1. The zero-order valence-corrected chi connectivity index (χ0v) is 19.0. The van der Waals surface area contributed by atoms with Gasteiger partial charge in [0.2, 0.25) is 15.9 Å². The van der Waals surface area contributed by atoms with Gasteiger partial charge in [-0.25, -0.2) is 13.2 Å². The quantitative estimate of drug-likeness (QED) is 0.645.